The van der Waals surface area contributed by atoms with Gasteiger partial charge >= 0.3 is 0 Å². The van der Waals surface area contributed by atoms with E-state index in [4.69, 9.17) is 15.4 Å². The average Bonchev–Trinajstić information content (AvgIpc) is 2.74. The standard InChI is InChI=1S/C29H30BrClO3S/c1-28(2,3)22-16-18-14-19(30)12-13-21(18)24(26(22)34-7)25-20-11-9-8-10-17(20)15-23(29(4,5)6)27(25)35(31,32)33/h8-16H,1-7H3. The molecule has 0 unspecified atom stereocenters. The lowest BCUT2D eigenvalue weighted by Crippen LogP contribution is -2.17. The molecule has 184 valence electrons. The van der Waals surface area contributed by atoms with Gasteiger partial charge in [-0.25, -0.2) is 8.42 Å². The summed E-state index contributed by atoms with van der Waals surface area (Å²) in [4.78, 5) is 0.138. The summed E-state index contributed by atoms with van der Waals surface area (Å²) in [5.41, 5.74) is 2.26. The summed E-state index contributed by atoms with van der Waals surface area (Å²) in [5.74, 6) is 0.658. The zero-order valence-electron chi connectivity index (χ0n) is 21.1. The monoisotopic (exact) mass is 572 g/mol. The third-order valence-electron chi connectivity index (χ3n) is 6.37. The maximum absolute atomic E-state index is 13.3. The first-order valence-electron chi connectivity index (χ1n) is 11.5. The van der Waals surface area contributed by atoms with E-state index in [9.17, 15) is 8.42 Å². The van der Waals surface area contributed by atoms with Crippen molar-refractivity contribution in [2.45, 2.75) is 57.3 Å². The van der Waals surface area contributed by atoms with Gasteiger partial charge in [0.2, 0.25) is 0 Å². The van der Waals surface area contributed by atoms with E-state index < -0.39 is 14.5 Å². The van der Waals surface area contributed by atoms with E-state index in [1.165, 1.54) is 0 Å². The molecule has 6 heteroatoms. The summed E-state index contributed by atoms with van der Waals surface area (Å²) >= 11 is 3.60. The Labute approximate surface area is 221 Å². The molecule has 0 heterocycles. The Morgan fingerprint density at radius 2 is 1.34 bits per heavy atom. The van der Waals surface area contributed by atoms with Crippen LogP contribution < -0.4 is 4.74 Å². The van der Waals surface area contributed by atoms with Gasteiger partial charge in [0.25, 0.3) is 9.05 Å². The van der Waals surface area contributed by atoms with Gasteiger partial charge in [-0.2, -0.15) is 0 Å². The van der Waals surface area contributed by atoms with Crippen molar-refractivity contribution in [3.8, 4) is 16.9 Å². The van der Waals surface area contributed by atoms with Gasteiger partial charge in [0.05, 0.1) is 12.0 Å². The molecule has 35 heavy (non-hydrogen) atoms. The van der Waals surface area contributed by atoms with Crippen LogP contribution in [0.5, 0.6) is 5.75 Å². The van der Waals surface area contributed by atoms with Crippen molar-refractivity contribution in [2.24, 2.45) is 0 Å². The van der Waals surface area contributed by atoms with E-state index in [2.05, 4.69) is 48.8 Å². The van der Waals surface area contributed by atoms with Gasteiger partial charge in [-0.3, -0.25) is 0 Å². The van der Waals surface area contributed by atoms with E-state index in [1.54, 1.807) is 7.11 Å². The maximum Gasteiger partial charge on any atom is 0.262 e. The summed E-state index contributed by atoms with van der Waals surface area (Å²) in [6.45, 7) is 12.4. The molecular weight excluding hydrogens is 544 g/mol. The minimum atomic E-state index is -4.13. The highest BCUT2D eigenvalue weighted by molar-refractivity contribution is 9.10. The molecule has 0 N–H and O–H groups in total. The van der Waals surface area contributed by atoms with Gasteiger partial charge in [0.1, 0.15) is 5.75 Å². The summed E-state index contributed by atoms with van der Waals surface area (Å²) in [5, 5.41) is 3.65. The highest BCUT2D eigenvalue weighted by atomic mass is 79.9. The summed E-state index contributed by atoms with van der Waals surface area (Å²) in [6, 6.07) is 18.0. The zero-order chi connectivity index (χ0) is 25.9. The van der Waals surface area contributed by atoms with Gasteiger partial charge in [-0.05, 0) is 62.2 Å². The zero-order valence-corrected chi connectivity index (χ0v) is 24.2. The quantitative estimate of drug-likeness (QED) is 0.230. The molecule has 0 aliphatic carbocycles. The minimum absolute atomic E-state index is 0.138. The van der Waals surface area contributed by atoms with Gasteiger partial charge < -0.3 is 4.74 Å². The van der Waals surface area contributed by atoms with Crippen molar-refractivity contribution in [3.63, 3.8) is 0 Å². The van der Waals surface area contributed by atoms with E-state index in [0.29, 0.717) is 16.9 Å². The van der Waals surface area contributed by atoms with Crippen LogP contribution in [-0.4, -0.2) is 15.5 Å². The minimum Gasteiger partial charge on any atom is -0.496 e. The third kappa shape index (κ3) is 4.71. The number of hydrogen-bond acceptors (Lipinski definition) is 3. The Balaban J connectivity index is 2.42. The second kappa shape index (κ2) is 8.79. The third-order valence-corrected chi connectivity index (χ3v) is 8.24. The van der Waals surface area contributed by atoms with Crippen molar-refractivity contribution in [3.05, 3.63) is 70.2 Å². The Kier molecular flexibility index (Phi) is 6.53. The van der Waals surface area contributed by atoms with Gasteiger partial charge in [-0.15, -0.1) is 0 Å². The van der Waals surface area contributed by atoms with Crippen LogP contribution in [0.4, 0.5) is 0 Å². The molecule has 0 saturated carbocycles. The Hall–Kier alpha value is -2.08. The highest BCUT2D eigenvalue weighted by Crippen LogP contribution is 2.51. The second-order valence-corrected chi connectivity index (χ2v) is 14.4. The molecule has 3 nitrogen and oxygen atoms in total. The molecule has 0 saturated heterocycles. The van der Waals surface area contributed by atoms with Gasteiger partial charge in [0.15, 0.2) is 0 Å². The van der Waals surface area contributed by atoms with E-state index >= 15 is 0 Å². The molecule has 0 aromatic heterocycles. The van der Waals surface area contributed by atoms with Crippen LogP contribution in [-0.2, 0) is 19.9 Å². The number of hydrogen-bond donors (Lipinski definition) is 0. The number of methoxy groups -OCH3 is 1. The molecule has 4 aromatic rings. The first kappa shape index (κ1) is 26.0. The number of ether oxygens (including phenoxy) is 1. The van der Waals surface area contributed by atoms with Gasteiger partial charge in [0, 0.05) is 31.8 Å². The lowest BCUT2D eigenvalue weighted by molar-refractivity contribution is 0.400. The van der Waals surface area contributed by atoms with E-state index in [0.717, 1.165) is 37.1 Å². The smallest absolute Gasteiger partial charge is 0.262 e. The van der Waals surface area contributed by atoms with Crippen molar-refractivity contribution in [1.82, 2.24) is 0 Å². The second-order valence-electron chi connectivity index (χ2n) is 11.0. The predicted molar refractivity (Wildman–Crippen MR) is 152 cm³/mol. The first-order valence-corrected chi connectivity index (χ1v) is 14.6. The molecule has 0 amide bonds. The maximum atomic E-state index is 13.3. The molecule has 0 spiro atoms. The highest BCUT2D eigenvalue weighted by Gasteiger charge is 2.33. The van der Waals surface area contributed by atoms with Crippen molar-refractivity contribution >= 4 is 57.2 Å². The molecule has 0 aliphatic heterocycles. The Morgan fingerprint density at radius 3 is 1.91 bits per heavy atom. The molecule has 0 radical (unpaired) electrons. The Morgan fingerprint density at radius 1 is 0.771 bits per heavy atom. The van der Waals surface area contributed by atoms with Crippen LogP contribution in [0.3, 0.4) is 0 Å². The first-order chi connectivity index (χ1) is 16.1. The fourth-order valence-electron chi connectivity index (χ4n) is 4.76. The van der Waals surface area contributed by atoms with E-state index in [1.807, 2.05) is 63.2 Å². The molecule has 0 fully saturated rings. The number of fused-ring (bicyclic) bond motifs is 2. The number of benzene rings is 4. The lowest BCUT2D eigenvalue weighted by Gasteiger charge is -2.29. The van der Waals surface area contributed by atoms with Crippen LogP contribution in [0.1, 0.15) is 52.7 Å². The lowest BCUT2D eigenvalue weighted by atomic mass is 9.79. The van der Waals surface area contributed by atoms with Crippen LogP contribution >= 0.6 is 26.6 Å². The number of rotatable bonds is 3. The SMILES string of the molecule is COc1c(C(C)(C)C)cc2cc(Br)ccc2c1-c1c(S(=O)(=O)Cl)c(C(C)(C)C)cc2ccccc12. The summed E-state index contributed by atoms with van der Waals surface area (Å²) in [6.07, 6.45) is 0. The van der Waals surface area contributed by atoms with Crippen molar-refractivity contribution in [2.75, 3.05) is 7.11 Å². The van der Waals surface area contributed by atoms with Crippen LogP contribution in [0.25, 0.3) is 32.7 Å². The molecule has 0 atom stereocenters. The van der Waals surface area contributed by atoms with E-state index in [-0.39, 0.29) is 10.3 Å². The van der Waals surface area contributed by atoms with Gasteiger partial charge in [-0.1, -0.05) is 87.8 Å². The van der Waals surface area contributed by atoms with Crippen molar-refractivity contribution < 1.29 is 13.2 Å². The molecule has 4 aromatic carbocycles. The largest absolute Gasteiger partial charge is 0.496 e. The Bertz CT molecular complexity index is 1580. The molecule has 0 aliphatic rings. The van der Waals surface area contributed by atoms with Crippen LogP contribution in [0.15, 0.2) is 64.0 Å². The average molecular weight is 574 g/mol. The fourth-order valence-corrected chi connectivity index (χ4v) is 6.71. The molecule has 4 rings (SSSR count). The van der Waals surface area contributed by atoms with Crippen LogP contribution in [0, 0.1) is 0 Å². The topological polar surface area (TPSA) is 43.4 Å². The molecular formula is C29H30BrClO3S. The molecule has 0 bridgehead atoms. The van der Waals surface area contributed by atoms with Crippen molar-refractivity contribution in [1.29, 1.82) is 0 Å². The van der Waals surface area contributed by atoms with Crippen LogP contribution in [0.2, 0.25) is 0 Å². The fraction of sp³-hybridized carbons (Fsp3) is 0.310. The normalized spacial score (nSPS) is 12.9. The predicted octanol–water partition coefficient (Wildman–Crippen LogP) is 8.95. The summed E-state index contributed by atoms with van der Waals surface area (Å²) in [7, 11) is 3.76. The summed E-state index contributed by atoms with van der Waals surface area (Å²) < 4.78 is 33.7. The number of halogens is 2.